The molecule has 0 bridgehead atoms. The van der Waals surface area contributed by atoms with E-state index in [9.17, 15) is 4.79 Å². The molecule has 3 N–H and O–H groups in total. The van der Waals surface area contributed by atoms with Gasteiger partial charge in [-0.25, -0.2) is 0 Å². The molecule has 0 saturated heterocycles. The van der Waals surface area contributed by atoms with E-state index in [1.807, 2.05) is 19.1 Å². The van der Waals surface area contributed by atoms with Crippen LogP contribution < -0.4 is 20.7 Å². The van der Waals surface area contributed by atoms with E-state index in [1.165, 1.54) is 5.56 Å². The molecule has 0 atom stereocenters. The number of aryl methyl sites for hydroxylation is 1. The maximum atomic E-state index is 11.6. The number of rotatable bonds is 9. The first kappa shape index (κ1) is 19.8. The van der Waals surface area contributed by atoms with Crippen molar-refractivity contribution in [3.05, 3.63) is 29.3 Å². The van der Waals surface area contributed by atoms with Crippen LogP contribution in [0.5, 0.6) is 5.75 Å². The van der Waals surface area contributed by atoms with Crippen LogP contribution in [-0.2, 0) is 16.0 Å². The van der Waals surface area contributed by atoms with Crippen LogP contribution in [0.3, 0.4) is 0 Å². The van der Waals surface area contributed by atoms with Gasteiger partial charge in [0.25, 0.3) is 0 Å². The topological polar surface area (TPSA) is 84.0 Å². The molecule has 1 amide bonds. The van der Waals surface area contributed by atoms with Crippen LogP contribution in [0.1, 0.15) is 11.1 Å². The zero-order chi connectivity index (χ0) is 17.8. The Balaban J connectivity index is 2.33. The summed E-state index contributed by atoms with van der Waals surface area (Å²) in [4.78, 5) is 15.7. The molecule has 0 heterocycles. The fourth-order valence-corrected chi connectivity index (χ4v) is 2.08. The Kier molecular flexibility index (Phi) is 9.29. The van der Waals surface area contributed by atoms with E-state index in [0.717, 1.165) is 17.7 Å². The number of hydrogen-bond acceptors (Lipinski definition) is 4. The summed E-state index contributed by atoms with van der Waals surface area (Å²) >= 11 is 0. The molecule has 1 aromatic rings. The lowest BCUT2D eigenvalue weighted by molar-refractivity contribution is -0.120. The number of carbonyl (C=O) groups is 1. The van der Waals surface area contributed by atoms with E-state index in [-0.39, 0.29) is 12.5 Å². The van der Waals surface area contributed by atoms with Gasteiger partial charge < -0.3 is 25.4 Å². The number of nitrogens with zero attached hydrogens (tertiary/aromatic N) is 1. The Bertz CT molecular complexity index is 547. The van der Waals surface area contributed by atoms with Gasteiger partial charge in [0, 0.05) is 27.2 Å². The summed E-state index contributed by atoms with van der Waals surface area (Å²) in [5.74, 6) is 1.39. The third kappa shape index (κ3) is 7.32. The zero-order valence-corrected chi connectivity index (χ0v) is 14.9. The van der Waals surface area contributed by atoms with E-state index in [0.29, 0.717) is 25.7 Å². The van der Waals surface area contributed by atoms with Crippen LogP contribution in [0, 0.1) is 6.92 Å². The molecule has 0 radical (unpaired) electrons. The highest BCUT2D eigenvalue weighted by Crippen LogP contribution is 2.18. The predicted octanol–water partition coefficient (Wildman–Crippen LogP) is 0.474. The average Bonchev–Trinajstić information content (AvgIpc) is 2.59. The van der Waals surface area contributed by atoms with Gasteiger partial charge in [0.05, 0.1) is 20.3 Å². The van der Waals surface area contributed by atoms with Crippen LogP contribution in [0.2, 0.25) is 0 Å². The minimum atomic E-state index is -0.0988. The van der Waals surface area contributed by atoms with Crippen molar-refractivity contribution in [1.29, 1.82) is 0 Å². The molecule has 0 aliphatic rings. The van der Waals surface area contributed by atoms with Crippen molar-refractivity contribution in [1.82, 2.24) is 16.0 Å². The summed E-state index contributed by atoms with van der Waals surface area (Å²) in [6, 6.07) is 6.17. The van der Waals surface area contributed by atoms with Crippen LogP contribution in [0.4, 0.5) is 0 Å². The summed E-state index contributed by atoms with van der Waals surface area (Å²) in [6.45, 7) is 3.89. The van der Waals surface area contributed by atoms with Gasteiger partial charge in [0.2, 0.25) is 5.91 Å². The molecule has 0 aliphatic heterocycles. The normalized spacial score (nSPS) is 11.1. The number of methoxy groups -OCH3 is 2. The molecule has 0 aromatic heterocycles. The lowest BCUT2D eigenvalue weighted by Crippen LogP contribution is -2.44. The van der Waals surface area contributed by atoms with Crippen LogP contribution in [-0.4, -0.2) is 59.4 Å². The second-order valence-electron chi connectivity index (χ2n) is 5.25. The summed E-state index contributed by atoms with van der Waals surface area (Å²) in [6.07, 6.45) is 0.831. The van der Waals surface area contributed by atoms with Crippen molar-refractivity contribution in [2.45, 2.75) is 13.3 Å². The maximum absolute atomic E-state index is 11.6. The highest BCUT2D eigenvalue weighted by atomic mass is 16.5. The molecule has 0 unspecified atom stereocenters. The number of hydrogen-bond donors (Lipinski definition) is 3. The molecular weight excluding hydrogens is 308 g/mol. The molecule has 7 nitrogen and oxygen atoms in total. The van der Waals surface area contributed by atoms with E-state index >= 15 is 0 Å². The average molecular weight is 336 g/mol. The van der Waals surface area contributed by atoms with Crippen molar-refractivity contribution in [3.8, 4) is 5.75 Å². The largest absolute Gasteiger partial charge is 0.496 e. The fourth-order valence-electron chi connectivity index (χ4n) is 2.08. The van der Waals surface area contributed by atoms with Crippen LogP contribution in [0.15, 0.2) is 23.2 Å². The molecule has 134 valence electrons. The molecule has 0 saturated carbocycles. The molecule has 0 aliphatic carbocycles. The Morgan fingerprint density at radius 2 is 1.96 bits per heavy atom. The number of nitrogens with one attached hydrogen (secondary N) is 3. The monoisotopic (exact) mass is 336 g/mol. The van der Waals surface area contributed by atoms with E-state index in [1.54, 1.807) is 21.3 Å². The molecule has 0 spiro atoms. The smallest absolute Gasteiger partial charge is 0.239 e. The zero-order valence-electron chi connectivity index (χ0n) is 14.9. The summed E-state index contributed by atoms with van der Waals surface area (Å²) < 4.78 is 10.2. The summed E-state index contributed by atoms with van der Waals surface area (Å²) in [5, 5.41) is 8.90. The van der Waals surface area contributed by atoms with Gasteiger partial charge >= 0.3 is 0 Å². The summed E-state index contributed by atoms with van der Waals surface area (Å²) in [7, 11) is 4.95. The first-order valence-electron chi connectivity index (χ1n) is 7.94. The SMILES string of the molecule is CN=C(NCCc1ccc(C)c(OC)c1)NCC(=O)NCCOC. The van der Waals surface area contributed by atoms with Gasteiger partial charge in [-0.05, 0) is 30.5 Å². The molecule has 7 heteroatoms. The Morgan fingerprint density at radius 3 is 2.62 bits per heavy atom. The first-order chi connectivity index (χ1) is 11.6. The Hall–Kier alpha value is -2.28. The van der Waals surface area contributed by atoms with E-state index in [4.69, 9.17) is 9.47 Å². The number of guanidine groups is 1. The van der Waals surface area contributed by atoms with E-state index in [2.05, 4.69) is 27.0 Å². The van der Waals surface area contributed by atoms with Crippen molar-refractivity contribution in [2.75, 3.05) is 47.5 Å². The highest BCUT2D eigenvalue weighted by Gasteiger charge is 2.04. The molecule has 0 fully saturated rings. The minimum Gasteiger partial charge on any atom is -0.496 e. The van der Waals surface area contributed by atoms with Gasteiger partial charge in [0.15, 0.2) is 5.96 Å². The second kappa shape index (κ2) is 11.3. The number of amides is 1. The van der Waals surface area contributed by atoms with Crippen molar-refractivity contribution >= 4 is 11.9 Å². The van der Waals surface area contributed by atoms with E-state index < -0.39 is 0 Å². The lowest BCUT2D eigenvalue weighted by Gasteiger charge is -2.12. The summed E-state index contributed by atoms with van der Waals surface area (Å²) in [5.41, 5.74) is 2.30. The molecule has 1 aromatic carbocycles. The molecule has 1 rings (SSSR count). The molecular formula is C17H28N4O3. The third-order valence-electron chi connectivity index (χ3n) is 3.45. The standard InChI is InChI=1S/C17H28N4O3/c1-13-5-6-14(11-15(13)24-4)7-8-20-17(18-2)21-12-16(22)19-9-10-23-3/h5-6,11H,7-10,12H2,1-4H3,(H,19,22)(H2,18,20,21). The van der Waals surface area contributed by atoms with Crippen molar-refractivity contribution in [3.63, 3.8) is 0 Å². The Labute approximate surface area is 143 Å². The third-order valence-corrected chi connectivity index (χ3v) is 3.45. The second-order valence-corrected chi connectivity index (χ2v) is 5.25. The number of aliphatic imine (C=N–C) groups is 1. The predicted molar refractivity (Wildman–Crippen MR) is 95.7 cm³/mol. The number of carbonyl (C=O) groups excluding carboxylic acids is 1. The van der Waals surface area contributed by atoms with Gasteiger partial charge in [-0.2, -0.15) is 0 Å². The molecule has 24 heavy (non-hydrogen) atoms. The Morgan fingerprint density at radius 1 is 1.17 bits per heavy atom. The van der Waals surface area contributed by atoms with Gasteiger partial charge in [-0.1, -0.05) is 12.1 Å². The minimum absolute atomic E-state index is 0.0988. The first-order valence-corrected chi connectivity index (χ1v) is 7.94. The highest BCUT2D eigenvalue weighted by molar-refractivity contribution is 5.86. The number of benzene rings is 1. The van der Waals surface area contributed by atoms with Crippen LogP contribution >= 0.6 is 0 Å². The van der Waals surface area contributed by atoms with Gasteiger partial charge in [0.1, 0.15) is 5.75 Å². The van der Waals surface area contributed by atoms with Crippen molar-refractivity contribution < 1.29 is 14.3 Å². The van der Waals surface area contributed by atoms with Crippen molar-refractivity contribution in [2.24, 2.45) is 4.99 Å². The maximum Gasteiger partial charge on any atom is 0.239 e. The quantitative estimate of drug-likeness (QED) is 0.347. The lowest BCUT2D eigenvalue weighted by atomic mass is 10.1. The number of ether oxygens (including phenoxy) is 2. The van der Waals surface area contributed by atoms with Gasteiger partial charge in [-0.15, -0.1) is 0 Å². The fraction of sp³-hybridized carbons (Fsp3) is 0.529. The van der Waals surface area contributed by atoms with Gasteiger partial charge in [-0.3, -0.25) is 9.79 Å². The van der Waals surface area contributed by atoms with Crippen LogP contribution in [0.25, 0.3) is 0 Å².